The zero-order valence-electron chi connectivity index (χ0n) is 12.9. The number of likely N-dealkylation sites (N-methyl/N-ethyl adjacent to an activating group) is 1. The summed E-state index contributed by atoms with van der Waals surface area (Å²) in [6.07, 6.45) is 1.27. The fourth-order valence-electron chi connectivity index (χ4n) is 3.50. The van der Waals surface area contributed by atoms with E-state index >= 15 is 0 Å². The molecule has 0 radical (unpaired) electrons. The van der Waals surface area contributed by atoms with Gasteiger partial charge in [0.2, 0.25) is 0 Å². The molecule has 2 aliphatic rings. The lowest BCUT2D eigenvalue weighted by Crippen LogP contribution is -2.52. The second-order valence-electron chi connectivity index (χ2n) is 6.66. The van der Waals surface area contributed by atoms with E-state index in [-0.39, 0.29) is 6.04 Å². The van der Waals surface area contributed by atoms with Gasteiger partial charge in [0.15, 0.2) is 0 Å². The number of rotatable bonds is 4. The highest BCUT2D eigenvalue weighted by atomic mass is 16.3. The maximum Gasteiger partial charge on any atom is 0.122 e. The van der Waals surface area contributed by atoms with Gasteiger partial charge < -0.3 is 15.1 Å². The Morgan fingerprint density at radius 2 is 2.10 bits per heavy atom. The van der Waals surface area contributed by atoms with Crippen molar-refractivity contribution in [1.29, 1.82) is 0 Å². The Morgan fingerprint density at radius 1 is 1.35 bits per heavy atom. The van der Waals surface area contributed by atoms with Crippen molar-refractivity contribution in [2.75, 3.05) is 33.2 Å². The SMILES string of the molecule is CC1CC1c1ccc(C(CN)N2CCN(C)CC2C)o1. The zero-order chi connectivity index (χ0) is 14.3. The molecule has 20 heavy (non-hydrogen) atoms. The largest absolute Gasteiger partial charge is 0.464 e. The molecule has 4 nitrogen and oxygen atoms in total. The number of hydrogen-bond acceptors (Lipinski definition) is 4. The number of nitrogens with two attached hydrogens (primary N) is 1. The first-order valence-electron chi connectivity index (χ1n) is 7.84. The van der Waals surface area contributed by atoms with Crippen molar-refractivity contribution in [2.45, 2.75) is 38.3 Å². The molecule has 3 rings (SSSR count). The maximum atomic E-state index is 6.12. The first kappa shape index (κ1) is 14.1. The standard InChI is InChI=1S/C16H27N3O/c1-11-8-13(11)15-4-5-16(20-15)14(9-17)19-7-6-18(3)10-12(19)2/h4-5,11-14H,6-10,17H2,1-3H3. The van der Waals surface area contributed by atoms with Crippen molar-refractivity contribution >= 4 is 0 Å². The van der Waals surface area contributed by atoms with E-state index in [4.69, 9.17) is 10.2 Å². The summed E-state index contributed by atoms with van der Waals surface area (Å²) in [5.41, 5.74) is 6.05. The highest BCUT2D eigenvalue weighted by Crippen LogP contribution is 2.47. The summed E-state index contributed by atoms with van der Waals surface area (Å²) in [5.74, 6) is 3.64. The summed E-state index contributed by atoms with van der Waals surface area (Å²) in [6, 6.07) is 5.05. The lowest BCUT2D eigenvalue weighted by Gasteiger charge is -2.41. The van der Waals surface area contributed by atoms with E-state index in [9.17, 15) is 0 Å². The van der Waals surface area contributed by atoms with Crippen LogP contribution < -0.4 is 5.73 Å². The molecule has 112 valence electrons. The Kier molecular flexibility index (Phi) is 3.89. The van der Waals surface area contributed by atoms with Crippen molar-refractivity contribution in [2.24, 2.45) is 11.7 Å². The van der Waals surface area contributed by atoms with Gasteiger partial charge in [-0.15, -0.1) is 0 Å². The number of hydrogen-bond donors (Lipinski definition) is 1. The molecule has 1 aromatic rings. The molecule has 1 saturated heterocycles. The molecule has 0 amide bonds. The fraction of sp³-hybridized carbons (Fsp3) is 0.750. The Hall–Kier alpha value is -0.840. The van der Waals surface area contributed by atoms with Gasteiger partial charge in [0.25, 0.3) is 0 Å². The van der Waals surface area contributed by atoms with Gasteiger partial charge in [0, 0.05) is 38.1 Å². The van der Waals surface area contributed by atoms with E-state index in [0.29, 0.717) is 18.5 Å². The van der Waals surface area contributed by atoms with Crippen LogP contribution in [0, 0.1) is 5.92 Å². The maximum absolute atomic E-state index is 6.12. The molecular weight excluding hydrogens is 250 g/mol. The molecule has 1 aromatic heterocycles. The van der Waals surface area contributed by atoms with Crippen molar-refractivity contribution in [1.82, 2.24) is 9.80 Å². The third-order valence-corrected chi connectivity index (χ3v) is 4.96. The predicted octanol–water partition coefficient (Wildman–Crippen LogP) is 2.04. The molecule has 2 fully saturated rings. The lowest BCUT2D eigenvalue weighted by molar-refractivity contribution is 0.0547. The van der Waals surface area contributed by atoms with Gasteiger partial charge in [0.05, 0.1) is 6.04 Å². The molecule has 0 bridgehead atoms. The number of furan rings is 1. The summed E-state index contributed by atoms with van der Waals surface area (Å²) in [5, 5.41) is 0. The van der Waals surface area contributed by atoms with Crippen LogP contribution in [0.4, 0.5) is 0 Å². The Balaban J connectivity index is 1.74. The molecule has 1 aliphatic heterocycles. The lowest BCUT2D eigenvalue weighted by atomic mass is 10.1. The first-order valence-corrected chi connectivity index (χ1v) is 7.84. The Bertz CT molecular complexity index is 458. The van der Waals surface area contributed by atoms with E-state index < -0.39 is 0 Å². The monoisotopic (exact) mass is 277 g/mol. The van der Waals surface area contributed by atoms with Crippen molar-refractivity contribution in [3.63, 3.8) is 0 Å². The summed E-state index contributed by atoms with van der Waals surface area (Å²) < 4.78 is 6.12. The van der Waals surface area contributed by atoms with Gasteiger partial charge in [-0.25, -0.2) is 0 Å². The quantitative estimate of drug-likeness (QED) is 0.915. The molecule has 1 saturated carbocycles. The van der Waals surface area contributed by atoms with Crippen LogP contribution in [-0.4, -0.2) is 49.1 Å². The highest BCUT2D eigenvalue weighted by molar-refractivity contribution is 5.19. The molecule has 2 N–H and O–H groups in total. The molecule has 4 unspecified atom stereocenters. The minimum Gasteiger partial charge on any atom is -0.464 e. The van der Waals surface area contributed by atoms with E-state index in [0.717, 1.165) is 37.1 Å². The highest BCUT2D eigenvalue weighted by Gasteiger charge is 2.37. The van der Waals surface area contributed by atoms with E-state index in [2.05, 4.69) is 42.8 Å². The minimum atomic E-state index is 0.224. The third-order valence-electron chi connectivity index (χ3n) is 4.96. The summed E-state index contributed by atoms with van der Waals surface area (Å²) >= 11 is 0. The smallest absolute Gasteiger partial charge is 0.122 e. The van der Waals surface area contributed by atoms with E-state index in [1.807, 2.05) is 0 Å². The van der Waals surface area contributed by atoms with E-state index in [1.165, 1.54) is 6.42 Å². The van der Waals surface area contributed by atoms with Crippen LogP contribution >= 0.6 is 0 Å². The van der Waals surface area contributed by atoms with Crippen LogP contribution in [-0.2, 0) is 0 Å². The third kappa shape index (κ3) is 2.65. The van der Waals surface area contributed by atoms with Gasteiger partial charge in [0.1, 0.15) is 11.5 Å². The molecule has 2 heterocycles. The molecule has 1 aliphatic carbocycles. The normalized spacial score (nSPS) is 33.3. The molecule has 0 aromatic carbocycles. The number of piperazine rings is 1. The van der Waals surface area contributed by atoms with Gasteiger partial charge >= 0.3 is 0 Å². The summed E-state index contributed by atoms with van der Waals surface area (Å²) in [4.78, 5) is 4.88. The average Bonchev–Trinajstić information content (AvgIpc) is 2.96. The van der Waals surface area contributed by atoms with Gasteiger partial charge in [-0.1, -0.05) is 6.92 Å². The second kappa shape index (κ2) is 5.51. The average molecular weight is 277 g/mol. The van der Waals surface area contributed by atoms with Crippen LogP contribution in [0.25, 0.3) is 0 Å². The fourth-order valence-corrected chi connectivity index (χ4v) is 3.50. The van der Waals surface area contributed by atoms with Crippen LogP contribution in [0.15, 0.2) is 16.5 Å². The van der Waals surface area contributed by atoms with Crippen molar-refractivity contribution in [3.8, 4) is 0 Å². The molecule has 4 heteroatoms. The Morgan fingerprint density at radius 3 is 2.70 bits per heavy atom. The van der Waals surface area contributed by atoms with Gasteiger partial charge in [-0.05, 0) is 38.4 Å². The second-order valence-corrected chi connectivity index (χ2v) is 6.66. The molecule has 4 atom stereocenters. The number of nitrogens with zero attached hydrogens (tertiary/aromatic N) is 2. The van der Waals surface area contributed by atoms with E-state index in [1.54, 1.807) is 0 Å². The minimum absolute atomic E-state index is 0.224. The molecular formula is C16H27N3O. The first-order chi connectivity index (χ1) is 9.60. The molecule has 0 spiro atoms. The Labute approximate surface area is 121 Å². The van der Waals surface area contributed by atoms with Gasteiger partial charge in [-0.3, -0.25) is 4.90 Å². The zero-order valence-corrected chi connectivity index (χ0v) is 12.9. The van der Waals surface area contributed by atoms with Crippen LogP contribution in [0.3, 0.4) is 0 Å². The predicted molar refractivity (Wildman–Crippen MR) is 80.7 cm³/mol. The van der Waals surface area contributed by atoms with Gasteiger partial charge in [-0.2, -0.15) is 0 Å². The van der Waals surface area contributed by atoms with Crippen molar-refractivity contribution < 1.29 is 4.42 Å². The van der Waals surface area contributed by atoms with Crippen molar-refractivity contribution in [3.05, 3.63) is 23.7 Å². The topological polar surface area (TPSA) is 45.6 Å². The van der Waals surface area contributed by atoms with Crippen LogP contribution in [0.1, 0.15) is 43.7 Å². The van der Waals surface area contributed by atoms with Crippen LogP contribution in [0.2, 0.25) is 0 Å². The summed E-state index contributed by atoms with van der Waals surface area (Å²) in [6.45, 7) is 8.47. The van der Waals surface area contributed by atoms with Crippen LogP contribution in [0.5, 0.6) is 0 Å². The summed E-state index contributed by atoms with van der Waals surface area (Å²) in [7, 11) is 2.19.